The van der Waals surface area contributed by atoms with E-state index in [4.69, 9.17) is 14.7 Å². The van der Waals surface area contributed by atoms with E-state index in [1.165, 1.54) is 11.3 Å². The molecule has 4 rings (SSSR count). The molecule has 0 spiro atoms. The molecule has 2 aromatic carbocycles. The van der Waals surface area contributed by atoms with Gasteiger partial charge in [0.05, 0.1) is 12.6 Å². The summed E-state index contributed by atoms with van der Waals surface area (Å²) in [7, 11) is 7.92. The van der Waals surface area contributed by atoms with Crippen LogP contribution in [-0.2, 0) is 0 Å². The molecule has 1 aliphatic heterocycles. The minimum Gasteiger partial charge on any atom is -0.496 e. The second-order valence-electron chi connectivity index (χ2n) is 8.87. The number of aromatic nitrogens is 2. The number of ether oxygens (including phenoxy) is 1. The first kappa shape index (κ1) is 22.2. The van der Waals surface area contributed by atoms with Crippen LogP contribution in [0.15, 0.2) is 42.5 Å². The van der Waals surface area contributed by atoms with Gasteiger partial charge in [-0.2, -0.15) is 4.98 Å². The van der Waals surface area contributed by atoms with Gasteiger partial charge >= 0.3 is 0 Å². The lowest BCUT2D eigenvalue weighted by Crippen LogP contribution is -2.34. The Morgan fingerprint density at radius 2 is 1.78 bits per heavy atom. The van der Waals surface area contributed by atoms with Gasteiger partial charge in [0.1, 0.15) is 11.6 Å². The minimum atomic E-state index is 0.509. The molecule has 0 N–H and O–H groups in total. The van der Waals surface area contributed by atoms with E-state index < -0.39 is 0 Å². The van der Waals surface area contributed by atoms with Crippen molar-refractivity contribution >= 4 is 28.4 Å². The number of benzene rings is 2. The summed E-state index contributed by atoms with van der Waals surface area (Å²) < 4.78 is 5.62. The van der Waals surface area contributed by atoms with E-state index in [1.807, 2.05) is 25.1 Å². The summed E-state index contributed by atoms with van der Waals surface area (Å²) in [5.74, 6) is 3.31. The number of anilines is 3. The Hall–Kier alpha value is -3.02. The van der Waals surface area contributed by atoms with Gasteiger partial charge < -0.3 is 19.4 Å². The van der Waals surface area contributed by atoms with Gasteiger partial charge in [-0.1, -0.05) is 25.1 Å². The fraction of sp³-hybridized carbons (Fsp3) is 0.462. The molecule has 0 aliphatic carbocycles. The molecule has 6 nitrogen and oxygen atoms in total. The Bertz CT molecular complexity index is 1060. The molecule has 1 saturated heterocycles. The molecule has 1 aromatic heterocycles. The second-order valence-corrected chi connectivity index (χ2v) is 8.87. The lowest BCUT2D eigenvalue weighted by atomic mass is 9.88. The molecule has 3 aromatic rings. The van der Waals surface area contributed by atoms with Crippen LogP contribution in [0.3, 0.4) is 0 Å². The maximum Gasteiger partial charge on any atom is 0.227 e. The van der Waals surface area contributed by atoms with Crippen LogP contribution in [0.5, 0.6) is 5.75 Å². The summed E-state index contributed by atoms with van der Waals surface area (Å²) in [5, 5.41) is 1.13. The molecule has 170 valence electrons. The number of para-hydroxylation sites is 1. The van der Waals surface area contributed by atoms with Crippen molar-refractivity contribution in [3.05, 3.63) is 48.0 Å². The summed E-state index contributed by atoms with van der Waals surface area (Å²) in [6, 6.07) is 15.0. The highest BCUT2D eigenvalue weighted by Gasteiger charge is 2.25. The highest BCUT2D eigenvalue weighted by molar-refractivity contribution is 5.93. The summed E-state index contributed by atoms with van der Waals surface area (Å²) in [4.78, 5) is 16.5. The van der Waals surface area contributed by atoms with E-state index in [-0.39, 0.29) is 0 Å². The van der Waals surface area contributed by atoms with Crippen molar-refractivity contribution in [1.29, 1.82) is 0 Å². The van der Waals surface area contributed by atoms with E-state index >= 15 is 0 Å². The topological polar surface area (TPSA) is 44.7 Å². The average Bonchev–Trinajstić information content (AvgIpc) is 2.83. The van der Waals surface area contributed by atoms with Crippen LogP contribution in [0.4, 0.5) is 17.5 Å². The van der Waals surface area contributed by atoms with Crippen LogP contribution in [-0.4, -0.2) is 57.9 Å². The van der Waals surface area contributed by atoms with E-state index in [0.717, 1.165) is 67.3 Å². The van der Waals surface area contributed by atoms with Crippen LogP contribution in [0.2, 0.25) is 0 Å². The zero-order valence-electron chi connectivity index (χ0n) is 20.0. The van der Waals surface area contributed by atoms with Crippen molar-refractivity contribution in [1.82, 2.24) is 9.97 Å². The third kappa shape index (κ3) is 4.45. The van der Waals surface area contributed by atoms with Crippen LogP contribution in [0, 0.1) is 0 Å². The third-order valence-corrected chi connectivity index (χ3v) is 6.42. The van der Waals surface area contributed by atoms with Crippen molar-refractivity contribution in [2.45, 2.75) is 32.1 Å². The molecule has 0 bridgehead atoms. The fourth-order valence-electron chi connectivity index (χ4n) is 4.64. The van der Waals surface area contributed by atoms with Crippen molar-refractivity contribution in [3.63, 3.8) is 0 Å². The van der Waals surface area contributed by atoms with E-state index in [0.29, 0.717) is 5.92 Å². The Morgan fingerprint density at radius 3 is 2.47 bits per heavy atom. The molecule has 0 amide bonds. The molecule has 1 aliphatic rings. The maximum atomic E-state index is 5.62. The van der Waals surface area contributed by atoms with E-state index in [1.54, 1.807) is 7.11 Å². The quantitative estimate of drug-likeness (QED) is 0.526. The van der Waals surface area contributed by atoms with Gasteiger partial charge in [0.25, 0.3) is 0 Å². The van der Waals surface area contributed by atoms with Crippen LogP contribution in [0.1, 0.15) is 37.7 Å². The van der Waals surface area contributed by atoms with Crippen molar-refractivity contribution < 1.29 is 4.74 Å². The number of methoxy groups -OCH3 is 1. The Kier molecular flexibility index (Phi) is 6.68. The van der Waals surface area contributed by atoms with Gasteiger partial charge in [0.15, 0.2) is 0 Å². The Morgan fingerprint density at radius 1 is 1.03 bits per heavy atom. The smallest absolute Gasteiger partial charge is 0.227 e. The number of hydrogen-bond donors (Lipinski definition) is 0. The third-order valence-electron chi connectivity index (χ3n) is 6.42. The first-order chi connectivity index (χ1) is 15.5. The van der Waals surface area contributed by atoms with Gasteiger partial charge in [0, 0.05) is 51.9 Å². The van der Waals surface area contributed by atoms with E-state index in [9.17, 15) is 0 Å². The maximum absolute atomic E-state index is 5.62. The average molecular weight is 434 g/mol. The first-order valence-electron chi connectivity index (χ1n) is 11.6. The molecular weight excluding hydrogens is 398 g/mol. The van der Waals surface area contributed by atoms with Crippen molar-refractivity contribution in [2.75, 3.05) is 62.6 Å². The molecule has 6 heteroatoms. The summed E-state index contributed by atoms with van der Waals surface area (Å²) in [6.45, 7) is 5.18. The molecule has 1 fully saturated rings. The van der Waals surface area contributed by atoms with Crippen LogP contribution >= 0.6 is 0 Å². The zero-order valence-corrected chi connectivity index (χ0v) is 20.0. The summed E-state index contributed by atoms with van der Waals surface area (Å²) >= 11 is 0. The number of rotatable bonds is 7. The molecular formula is C26H35N5O. The van der Waals surface area contributed by atoms with Gasteiger partial charge in [-0.3, -0.25) is 0 Å². The van der Waals surface area contributed by atoms with Crippen molar-refractivity contribution in [3.8, 4) is 5.75 Å². The monoisotopic (exact) mass is 433 g/mol. The number of hydrogen-bond acceptors (Lipinski definition) is 6. The van der Waals surface area contributed by atoms with Crippen molar-refractivity contribution in [2.24, 2.45) is 0 Å². The van der Waals surface area contributed by atoms with Gasteiger partial charge in [-0.15, -0.1) is 0 Å². The van der Waals surface area contributed by atoms with Gasteiger partial charge in [0.2, 0.25) is 5.95 Å². The fourth-order valence-corrected chi connectivity index (χ4v) is 4.64. The zero-order chi connectivity index (χ0) is 22.7. The summed E-state index contributed by atoms with van der Waals surface area (Å²) in [6.07, 6.45) is 3.28. The largest absolute Gasteiger partial charge is 0.496 e. The molecule has 0 unspecified atom stereocenters. The highest BCUT2D eigenvalue weighted by atomic mass is 16.5. The molecule has 32 heavy (non-hydrogen) atoms. The number of piperidine rings is 1. The number of nitrogens with zero attached hydrogens (tertiary/aromatic N) is 5. The lowest BCUT2D eigenvalue weighted by Gasteiger charge is -2.34. The SMILES string of the molecule is CCCN(C)c1ccc2nc(N(C)C)nc(N3CCC(c4ccccc4OC)CC3)c2c1. The second kappa shape index (κ2) is 9.63. The normalized spacial score (nSPS) is 14.6. The summed E-state index contributed by atoms with van der Waals surface area (Å²) in [5.41, 5.74) is 3.53. The predicted molar refractivity (Wildman–Crippen MR) is 135 cm³/mol. The Balaban J connectivity index is 1.66. The van der Waals surface area contributed by atoms with Gasteiger partial charge in [-0.05, 0) is 55.0 Å². The molecule has 2 heterocycles. The molecule has 0 saturated carbocycles. The van der Waals surface area contributed by atoms with E-state index in [2.05, 4.69) is 60.2 Å². The lowest BCUT2D eigenvalue weighted by molar-refractivity contribution is 0.397. The van der Waals surface area contributed by atoms with Crippen LogP contribution in [0.25, 0.3) is 10.9 Å². The van der Waals surface area contributed by atoms with Gasteiger partial charge in [-0.25, -0.2) is 4.98 Å². The molecule has 0 radical (unpaired) electrons. The van der Waals surface area contributed by atoms with Crippen LogP contribution < -0.4 is 19.4 Å². The number of fused-ring (bicyclic) bond motifs is 1. The molecule has 0 atom stereocenters. The standard InChI is InChI=1S/C26H35N5O/c1-6-15-30(4)20-11-12-23-22(18-20)25(28-26(27-23)29(2)3)31-16-13-19(14-17-31)21-9-7-8-10-24(21)32-5/h7-12,18-19H,6,13-17H2,1-5H3. The first-order valence-corrected chi connectivity index (χ1v) is 11.6. The Labute approximate surface area is 191 Å². The predicted octanol–water partition coefficient (Wildman–Crippen LogP) is 4.93. The minimum absolute atomic E-state index is 0.509. The highest BCUT2D eigenvalue weighted by Crippen LogP contribution is 2.37.